The normalized spacial score (nSPS) is 20.1. The summed E-state index contributed by atoms with van der Waals surface area (Å²) in [6, 6.07) is 5.73. The van der Waals surface area contributed by atoms with Gasteiger partial charge in [0.25, 0.3) is 0 Å². The molecule has 0 spiro atoms. The van der Waals surface area contributed by atoms with Crippen molar-refractivity contribution in [2.24, 2.45) is 5.92 Å². The van der Waals surface area contributed by atoms with E-state index in [9.17, 15) is 4.79 Å². The molecule has 1 fully saturated rings. The molecular formula is C13H17NO2S. The van der Waals surface area contributed by atoms with E-state index in [-0.39, 0.29) is 12.5 Å². The van der Waals surface area contributed by atoms with Gasteiger partial charge in [-0.3, -0.25) is 4.79 Å². The molecule has 17 heavy (non-hydrogen) atoms. The summed E-state index contributed by atoms with van der Waals surface area (Å²) >= 11 is 4.26. The van der Waals surface area contributed by atoms with E-state index in [0.717, 1.165) is 29.1 Å². The minimum absolute atomic E-state index is 0.00526. The number of hydrogen-bond acceptors (Lipinski definition) is 3. The molecule has 2 rings (SSSR count). The topological polar surface area (TPSA) is 40.5 Å². The zero-order valence-electron chi connectivity index (χ0n) is 9.89. The second-order valence-electron chi connectivity index (χ2n) is 4.54. The largest absolute Gasteiger partial charge is 0.392 e. The highest BCUT2D eigenvalue weighted by atomic mass is 32.1. The molecule has 1 heterocycles. The molecule has 1 atom stereocenters. The van der Waals surface area contributed by atoms with Crippen molar-refractivity contribution in [1.82, 2.24) is 0 Å². The first kappa shape index (κ1) is 12.5. The Hall–Kier alpha value is -1.00. The van der Waals surface area contributed by atoms with E-state index in [1.165, 1.54) is 0 Å². The molecule has 0 aromatic heterocycles. The molecule has 0 radical (unpaired) electrons. The predicted octanol–water partition coefficient (Wildman–Crippen LogP) is 1.77. The maximum atomic E-state index is 11.9. The summed E-state index contributed by atoms with van der Waals surface area (Å²) in [5.74, 6) is 1.23. The highest BCUT2D eigenvalue weighted by Gasteiger charge is 2.30. The van der Waals surface area contributed by atoms with Crippen molar-refractivity contribution in [3.05, 3.63) is 29.3 Å². The standard InChI is InChI=1S/C13H17NO2S/c1-9-2-3-10(7-15)4-12(9)14-6-11(8-17)5-13(14)16/h2-4,11,15,17H,5-8H2,1H3. The minimum Gasteiger partial charge on any atom is -0.392 e. The van der Waals surface area contributed by atoms with Crippen molar-refractivity contribution >= 4 is 24.2 Å². The third-order valence-electron chi connectivity index (χ3n) is 3.21. The zero-order chi connectivity index (χ0) is 12.4. The Morgan fingerprint density at radius 2 is 2.29 bits per heavy atom. The molecule has 0 saturated carbocycles. The molecular weight excluding hydrogens is 234 g/mol. The van der Waals surface area contributed by atoms with E-state index < -0.39 is 0 Å². The van der Waals surface area contributed by atoms with Crippen molar-refractivity contribution in [1.29, 1.82) is 0 Å². The number of rotatable bonds is 3. The minimum atomic E-state index is 0.00526. The highest BCUT2D eigenvalue weighted by molar-refractivity contribution is 7.80. The van der Waals surface area contributed by atoms with Crippen molar-refractivity contribution in [2.75, 3.05) is 17.2 Å². The van der Waals surface area contributed by atoms with Crippen molar-refractivity contribution in [3.8, 4) is 0 Å². The van der Waals surface area contributed by atoms with E-state index in [4.69, 9.17) is 5.11 Å². The average Bonchev–Trinajstić information content (AvgIpc) is 2.71. The Morgan fingerprint density at radius 1 is 1.53 bits per heavy atom. The van der Waals surface area contributed by atoms with Gasteiger partial charge in [0, 0.05) is 18.7 Å². The summed E-state index contributed by atoms with van der Waals surface area (Å²) in [7, 11) is 0. The lowest BCUT2D eigenvalue weighted by Crippen LogP contribution is -2.25. The molecule has 1 N–H and O–H groups in total. The van der Waals surface area contributed by atoms with Crippen molar-refractivity contribution < 1.29 is 9.90 Å². The van der Waals surface area contributed by atoms with E-state index >= 15 is 0 Å². The second kappa shape index (κ2) is 5.10. The molecule has 1 aromatic rings. The average molecular weight is 251 g/mol. The Labute approximate surface area is 107 Å². The quantitative estimate of drug-likeness (QED) is 0.804. The first-order valence-corrected chi connectivity index (χ1v) is 6.40. The first-order valence-electron chi connectivity index (χ1n) is 5.77. The van der Waals surface area contributed by atoms with Crippen LogP contribution in [0, 0.1) is 12.8 Å². The zero-order valence-corrected chi connectivity index (χ0v) is 10.8. The van der Waals surface area contributed by atoms with Gasteiger partial charge in [-0.2, -0.15) is 12.6 Å². The summed E-state index contributed by atoms with van der Waals surface area (Å²) in [5.41, 5.74) is 2.83. The van der Waals surface area contributed by atoms with Gasteiger partial charge in [-0.15, -0.1) is 0 Å². The molecule has 1 aliphatic heterocycles. The van der Waals surface area contributed by atoms with Crippen molar-refractivity contribution in [3.63, 3.8) is 0 Å². The summed E-state index contributed by atoms with van der Waals surface area (Å²) in [6.07, 6.45) is 0.576. The maximum absolute atomic E-state index is 11.9. The monoisotopic (exact) mass is 251 g/mol. The van der Waals surface area contributed by atoms with Crippen LogP contribution in [0.4, 0.5) is 5.69 Å². The van der Waals surface area contributed by atoms with Crippen LogP contribution in [-0.2, 0) is 11.4 Å². The molecule has 0 aliphatic carbocycles. The van der Waals surface area contributed by atoms with Crippen LogP contribution in [0.25, 0.3) is 0 Å². The fraction of sp³-hybridized carbons (Fsp3) is 0.462. The van der Waals surface area contributed by atoms with Gasteiger partial charge >= 0.3 is 0 Å². The van der Waals surface area contributed by atoms with Gasteiger partial charge in [-0.1, -0.05) is 12.1 Å². The molecule has 1 aliphatic rings. The predicted molar refractivity (Wildman–Crippen MR) is 71.4 cm³/mol. The van der Waals surface area contributed by atoms with E-state index in [2.05, 4.69) is 12.6 Å². The lowest BCUT2D eigenvalue weighted by Gasteiger charge is -2.19. The molecule has 1 aromatic carbocycles. The second-order valence-corrected chi connectivity index (χ2v) is 4.90. The van der Waals surface area contributed by atoms with Crippen LogP contribution in [0.3, 0.4) is 0 Å². The lowest BCUT2D eigenvalue weighted by molar-refractivity contribution is -0.117. The molecule has 4 heteroatoms. The summed E-state index contributed by atoms with van der Waals surface area (Å²) in [4.78, 5) is 13.7. The number of amides is 1. The highest BCUT2D eigenvalue weighted by Crippen LogP contribution is 2.29. The summed E-state index contributed by atoms with van der Waals surface area (Å²) in [6.45, 7) is 2.72. The maximum Gasteiger partial charge on any atom is 0.227 e. The van der Waals surface area contributed by atoms with Gasteiger partial charge in [0.2, 0.25) is 5.91 Å². The number of anilines is 1. The van der Waals surface area contributed by atoms with Crippen LogP contribution in [0.1, 0.15) is 17.5 Å². The number of carbonyl (C=O) groups is 1. The van der Waals surface area contributed by atoms with Crippen LogP contribution in [0.15, 0.2) is 18.2 Å². The number of aryl methyl sites for hydroxylation is 1. The Morgan fingerprint density at radius 3 is 2.88 bits per heavy atom. The first-order chi connectivity index (χ1) is 8.15. The molecule has 1 saturated heterocycles. The van der Waals surface area contributed by atoms with Gasteiger partial charge in [-0.05, 0) is 35.8 Å². The number of aliphatic hydroxyl groups excluding tert-OH is 1. The number of hydrogen-bond donors (Lipinski definition) is 2. The lowest BCUT2D eigenvalue weighted by atomic mass is 10.1. The third kappa shape index (κ3) is 2.48. The Bertz CT molecular complexity index is 433. The SMILES string of the molecule is Cc1ccc(CO)cc1N1CC(CS)CC1=O. The van der Waals surface area contributed by atoms with Gasteiger partial charge in [-0.25, -0.2) is 0 Å². The number of aliphatic hydroxyl groups is 1. The van der Waals surface area contributed by atoms with Gasteiger partial charge in [0.05, 0.1) is 6.61 Å². The number of benzene rings is 1. The number of carbonyl (C=O) groups excluding carboxylic acids is 1. The van der Waals surface area contributed by atoms with Gasteiger partial charge in [0.15, 0.2) is 0 Å². The van der Waals surface area contributed by atoms with E-state index in [1.54, 1.807) is 0 Å². The van der Waals surface area contributed by atoms with Gasteiger partial charge in [0.1, 0.15) is 0 Å². The molecule has 1 amide bonds. The van der Waals surface area contributed by atoms with Crippen molar-refractivity contribution in [2.45, 2.75) is 20.0 Å². The molecule has 1 unspecified atom stereocenters. The fourth-order valence-corrected chi connectivity index (χ4v) is 2.43. The summed E-state index contributed by atoms with van der Waals surface area (Å²) < 4.78 is 0. The molecule has 3 nitrogen and oxygen atoms in total. The van der Waals surface area contributed by atoms with Gasteiger partial charge < -0.3 is 10.0 Å². The van der Waals surface area contributed by atoms with Crippen LogP contribution >= 0.6 is 12.6 Å². The van der Waals surface area contributed by atoms with Crippen LogP contribution in [-0.4, -0.2) is 23.3 Å². The van der Waals surface area contributed by atoms with E-state index in [1.807, 2.05) is 30.0 Å². The molecule has 92 valence electrons. The molecule has 0 bridgehead atoms. The summed E-state index contributed by atoms with van der Waals surface area (Å²) in [5, 5.41) is 9.14. The van der Waals surface area contributed by atoms with Crippen LogP contribution < -0.4 is 4.90 Å². The Kier molecular flexibility index (Phi) is 3.74. The van der Waals surface area contributed by atoms with Crippen LogP contribution in [0.5, 0.6) is 0 Å². The fourth-order valence-electron chi connectivity index (χ4n) is 2.18. The van der Waals surface area contributed by atoms with E-state index in [0.29, 0.717) is 12.3 Å². The number of thiol groups is 1. The number of nitrogens with zero attached hydrogens (tertiary/aromatic N) is 1. The Balaban J connectivity index is 2.30. The smallest absolute Gasteiger partial charge is 0.227 e. The van der Waals surface area contributed by atoms with Crippen LogP contribution in [0.2, 0.25) is 0 Å². The third-order valence-corrected chi connectivity index (χ3v) is 3.73.